The number of nitrogens with two attached hydrogens (primary N) is 1. The van der Waals surface area contributed by atoms with Crippen molar-refractivity contribution >= 4 is 21.4 Å². The lowest BCUT2D eigenvalue weighted by molar-refractivity contribution is 0.286. The summed E-state index contributed by atoms with van der Waals surface area (Å²) in [5, 5.41) is 11.7. The zero-order chi connectivity index (χ0) is 13.6. The van der Waals surface area contributed by atoms with Crippen LogP contribution in [0.25, 0.3) is 0 Å². The molecular weight excluding hydrogens is 254 g/mol. The molecule has 7 heteroatoms. The van der Waals surface area contributed by atoms with Gasteiger partial charge in [0.25, 0.3) is 0 Å². The van der Waals surface area contributed by atoms with Crippen LogP contribution in [0, 0.1) is 0 Å². The van der Waals surface area contributed by atoms with Crippen molar-refractivity contribution in [1.82, 2.24) is 4.72 Å². The van der Waals surface area contributed by atoms with Crippen LogP contribution in [0.15, 0.2) is 23.1 Å². The highest BCUT2D eigenvalue weighted by molar-refractivity contribution is 7.89. The summed E-state index contributed by atoms with van der Waals surface area (Å²) in [5.41, 5.74) is 6.87. The molecule has 0 fully saturated rings. The van der Waals surface area contributed by atoms with Crippen LogP contribution in [0.3, 0.4) is 0 Å². The van der Waals surface area contributed by atoms with Gasteiger partial charge in [-0.25, -0.2) is 13.1 Å². The molecule has 0 aromatic heterocycles. The quantitative estimate of drug-likeness (QED) is 0.424. The monoisotopic (exact) mass is 273 g/mol. The molecule has 0 saturated heterocycles. The van der Waals surface area contributed by atoms with Crippen LogP contribution < -0.4 is 15.8 Å². The van der Waals surface area contributed by atoms with Gasteiger partial charge in [0, 0.05) is 13.2 Å². The summed E-state index contributed by atoms with van der Waals surface area (Å²) in [6.45, 7) is 0.847. The van der Waals surface area contributed by atoms with E-state index in [2.05, 4.69) is 10.0 Å². The van der Waals surface area contributed by atoms with Crippen molar-refractivity contribution in [2.24, 2.45) is 0 Å². The number of aliphatic hydroxyl groups excluding tert-OH is 1. The smallest absolute Gasteiger partial charge is 0.240 e. The van der Waals surface area contributed by atoms with E-state index < -0.39 is 10.0 Å². The summed E-state index contributed by atoms with van der Waals surface area (Å²) in [7, 11) is -2.10. The van der Waals surface area contributed by atoms with E-state index in [1.807, 2.05) is 0 Å². The number of nitrogen functional groups attached to an aromatic ring is 1. The normalized spacial score (nSPS) is 11.4. The van der Waals surface area contributed by atoms with E-state index >= 15 is 0 Å². The molecule has 5 N–H and O–H groups in total. The predicted octanol–water partition coefficient (Wildman–Crippen LogP) is 0.361. The Morgan fingerprint density at radius 1 is 1.33 bits per heavy atom. The Morgan fingerprint density at radius 2 is 2.06 bits per heavy atom. The van der Waals surface area contributed by atoms with E-state index in [0.29, 0.717) is 17.9 Å². The van der Waals surface area contributed by atoms with Crippen molar-refractivity contribution in [3.05, 3.63) is 18.2 Å². The van der Waals surface area contributed by atoms with E-state index in [0.717, 1.165) is 12.8 Å². The molecular formula is C11H19N3O3S. The lowest BCUT2D eigenvalue weighted by Gasteiger charge is -2.10. The Balaban J connectivity index is 2.74. The highest BCUT2D eigenvalue weighted by Crippen LogP contribution is 2.22. The molecule has 0 atom stereocenters. The van der Waals surface area contributed by atoms with Gasteiger partial charge in [-0.3, -0.25) is 0 Å². The molecule has 0 heterocycles. The second-order valence-corrected chi connectivity index (χ2v) is 5.70. The Labute approximate surface area is 107 Å². The molecule has 6 nitrogen and oxygen atoms in total. The molecule has 1 aromatic rings. The molecule has 0 unspecified atom stereocenters. The minimum Gasteiger partial charge on any atom is -0.397 e. The fourth-order valence-corrected chi connectivity index (χ4v) is 2.21. The van der Waals surface area contributed by atoms with Gasteiger partial charge in [0.1, 0.15) is 0 Å². The Bertz CT molecular complexity index is 488. The Kier molecular flexibility index (Phi) is 5.39. The lowest BCUT2D eigenvalue weighted by atomic mass is 10.2. The third-order valence-corrected chi connectivity index (χ3v) is 3.91. The molecule has 0 aliphatic carbocycles. The van der Waals surface area contributed by atoms with E-state index in [-0.39, 0.29) is 11.5 Å². The maximum atomic E-state index is 11.5. The Morgan fingerprint density at radius 3 is 2.61 bits per heavy atom. The number of hydrogen-bond donors (Lipinski definition) is 4. The van der Waals surface area contributed by atoms with Crippen molar-refractivity contribution in [1.29, 1.82) is 0 Å². The topological polar surface area (TPSA) is 104 Å². The number of nitrogens with one attached hydrogen (secondary N) is 2. The third kappa shape index (κ3) is 3.86. The molecule has 0 amide bonds. The fraction of sp³-hybridized carbons (Fsp3) is 0.455. The van der Waals surface area contributed by atoms with Crippen LogP contribution in [-0.4, -0.2) is 33.7 Å². The third-order valence-electron chi connectivity index (χ3n) is 2.50. The maximum Gasteiger partial charge on any atom is 0.240 e. The van der Waals surface area contributed by atoms with E-state index in [4.69, 9.17) is 10.8 Å². The predicted molar refractivity (Wildman–Crippen MR) is 71.9 cm³/mol. The second kappa shape index (κ2) is 6.58. The van der Waals surface area contributed by atoms with E-state index in [9.17, 15) is 8.42 Å². The first kappa shape index (κ1) is 14.7. The summed E-state index contributed by atoms with van der Waals surface area (Å²) in [4.78, 5) is 0.142. The first-order chi connectivity index (χ1) is 8.51. The van der Waals surface area contributed by atoms with Gasteiger partial charge in [0.2, 0.25) is 10.0 Å². The largest absolute Gasteiger partial charge is 0.397 e. The summed E-state index contributed by atoms with van der Waals surface area (Å²) in [6.07, 6.45) is 1.55. The molecule has 0 spiro atoms. The Hall–Kier alpha value is -1.31. The van der Waals surface area contributed by atoms with Gasteiger partial charge in [-0.2, -0.15) is 0 Å². The van der Waals surface area contributed by atoms with Gasteiger partial charge < -0.3 is 16.2 Å². The average Bonchev–Trinajstić information content (AvgIpc) is 2.36. The summed E-state index contributed by atoms with van der Waals surface area (Å²) >= 11 is 0. The number of sulfonamides is 1. The number of aliphatic hydroxyl groups is 1. The fourth-order valence-electron chi connectivity index (χ4n) is 1.45. The van der Waals surface area contributed by atoms with Gasteiger partial charge in [-0.05, 0) is 38.1 Å². The number of unbranched alkanes of at least 4 members (excludes halogenated alkanes) is 1. The molecule has 0 aliphatic rings. The highest BCUT2D eigenvalue weighted by Gasteiger charge is 2.12. The minimum atomic E-state index is -3.46. The van der Waals surface area contributed by atoms with Gasteiger partial charge >= 0.3 is 0 Å². The SMILES string of the molecule is CNS(=O)(=O)c1ccc(NCCCCO)c(N)c1. The van der Waals surface area contributed by atoms with Crippen molar-refractivity contribution < 1.29 is 13.5 Å². The first-order valence-electron chi connectivity index (χ1n) is 5.69. The van der Waals surface area contributed by atoms with Gasteiger partial charge in [0.05, 0.1) is 16.3 Å². The molecule has 0 radical (unpaired) electrons. The van der Waals surface area contributed by atoms with Crippen molar-refractivity contribution in [3.8, 4) is 0 Å². The molecule has 0 aliphatic heterocycles. The average molecular weight is 273 g/mol. The van der Waals surface area contributed by atoms with Crippen LogP contribution >= 0.6 is 0 Å². The minimum absolute atomic E-state index is 0.142. The summed E-state index contributed by atoms with van der Waals surface area (Å²) in [6, 6.07) is 4.55. The zero-order valence-electron chi connectivity index (χ0n) is 10.3. The standard InChI is InChI=1S/C11H19N3O3S/c1-13-18(16,17)9-4-5-11(10(12)8-9)14-6-2-3-7-15/h4-5,8,13-15H,2-3,6-7,12H2,1H3. The van der Waals surface area contributed by atoms with Crippen LogP contribution in [0.4, 0.5) is 11.4 Å². The molecule has 18 heavy (non-hydrogen) atoms. The maximum absolute atomic E-state index is 11.5. The second-order valence-electron chi connectivity index (χ2n) is 3.81. The van der Waals surface area contributed by atoms with Crippen molar-refractivity contribution in [2.45, 2.75) is 17.7 Å². The lowest BCUT2D eigenvalue weighted by Crippen LogP contribution is -2.18. The highest BCUT2D eigenvalue weighted by atomic mass is 32.2. The zero-order valence-corrected chi connectivity index (χ0v) is 11.1. The number of rotatable bonds is 7. The molecule has 102 valence electrons. The molecule has 1 aromatic carbocycles. The van der Waals surface area contributed by atoms with Crippen molar-refractivity contribution in [2.75, 3.05) is 31.2 Å². The van der Waals surface area contributed by atoms with Crippen molar-refractivity contribution in [3.63, 3.8) is 0 Å². The molecule has 0 saturated carbocycles. The van der Waals surface area contributed by atoms with Gasteiger partial charge in [-0.1, -0.05) is 0 Å². The summed E-state index contributed by atoms with van der Waals surface area (Å²) in [5.74, 6) is 0. The first-order valence-corrected chi connectivity index (χ1v) is 7.17. The molecule has 1 rings (SSSR count). The van der Waals surface area contributed by atoms with Gasteiger partial charge in [-0.15, -0.1) is 0 Å². The van der Waals surface area contributed by atoms with Crippen LogP contribution in [0.5, 0.6) is 0 Å². The summed E-state index contributed by atoms with van der Waals surface area (Å²) < 4.78 is 25.3. The van der Waals surface area contributed by atoms with Crippen LogP contribution in [0.1, 0.15) is 12.8 Å². The van der Waals surface area contributed by atoms with E-state index in [1.165, 1.54) is 19.2 Å². The van der Waals surface area contributed by atoms with E-state index in [1.54, 1.807) is 6.07 Å². The van der Waals surface area contributed by atoms with Gasteiger partial charge in [0.15, 0.2) is 0 Å². The molecule has 0 bridgehead atoms. The van der Waals surface area contributed by atoms with Crippen LogP contribution in [0.2, 0.25) is 0 Å². The number of anilines is 2. The van der Waals surface area contributed by atoms with Crippen LogP contribution in [-0.2, 0) is 10.0 Å². The number of hydrogen-bond acceptors (Lipinski definition) is 5. The number of benzene rings is 1.